The molecule has 0 radical (unpaired) electrons. The Hall–Kier alpha value is -1.43. The molecule has 1 heterocycles. The van der Waals surface area contributed by atoms with Gasteiger partial charge < -0.3 is 10.4 Å². The van der Waals surface area contributed by atoms with E-state index in [-0.39, 0.29) is 17.7 Å². The molecule has 2 atom stereocenters. The summed E-state index contributed by atoms with van der Waals surface area (Å²) in [5.41, 5.74) is 0.956. The van der Waals surface area contributed by atoms with Gasteiger partial charge in [-0.2, -0.15) is 0 Å². The molecule has 104 valence electrons. The Kier molecular flexibility index (Phi) is 4.52. The molecular weight excluding hydrogens is 264 g/mol. The standard InChI is InChI=1S/C13H18N2O3S/c1-8-7-19-11(15-8)6-14-12(16)9-3-2-4-10(5-9)13(17)18/h7,9-10H,2-6H2,1H3,(H,14,16)(H,17,18)/t9-,10-/m0/s1. The number of hydrogen-bond acceptors (Lipinski definition) is 4. The van der Waals surface area contributed by atoms with Crippen molar-refractivity contribution < 1.29 is 14.7 Å². The first-order chi connectivity index (χ1) is 9.06. The molecule has 1 aromatic heterocycles. The average molecular weight is 282 g/mol. The van der Waals surface area contributed by atoms with Crippen LogP contribution in [0.2, 0.25) is 0 Å². The fourth-order valence-electron chi connectivity index (χ4n) is 2.44. The van der Waals surface area contributed by atoms with Crippen molar-refractivity contribution in [1.29, 1.82) is 0 Å². The highest BCUT2D eigenvalue weighted by Crippen LogP contribution is 2.29. The minimum Gasteiger partial charge on any atom is -0.481 e. The first kappa shape index (κ1) is 14.0. The van der Waals surface area contributed by atoms with E-state index in [4.69, 9.17) is 5.11 Å². The highest BCUT2D eigenvalue weighted by Gasteiger charge is 2.30. The molecule has 1 fully saturated rings. The third-order valence-electron chi connectivity index (χ3n) is 3.47. The molecular formula is C13H18N2O3S. The van der Waals surface area contributed by atoms with E-state index in [1.165, 1.54) is 11.3 Å². The molecule has 0 saturated heterocycles. The molecule has 0 aliphatic heterocycles. The lowest BCUT2D eigenvalue weighted by Crippen LogP contribution is -2.35. The molecule has 1 aromatic rings. The van der Waals surface area contributed by atoms with Crippen molar-refractivity contribution in [2.45, 2.75) is 39.2 Å². The van der Waals surface area contributed by atoms with Crippen LogP contribution in [0.15, 0.2) is 5.38 Å². The van der Waals surface area contributed by atoms with Gasteiger partial charge in [-0.3, -0.25) is 9.59 Å². The van der Waals surface area contributed by atoms with Gasteiger partial charge >= 0.3 is 5.97 Å². The SMILES string of the molecule is Cc1csc(CNC(=O)[C@H]2CCC[C@H](C(=O)O)C2)n1. The molecule has 1 aliphatic carbocycles. The number of rotatable bonds is 4. The smallest absolute Gasteiger partial charge is 0.306 e. The Morgan fingerprint density at radius 2 is 2.21 bits per heavy atom. The number of carboxylic acid groups (broad SMARTS) is 1. The van der Waals surface area contributed by atoms with Crippen molar-refractivity contribution in [3.63, 3.8) is 0 Å². The Bertz CT molecular complexity index is 472. The summed E-state index contributed by atoms with van der Waals surface area (Å²) in [5.74, 6) is -1.37. The number of carbonyl (C=O) groups is 2. The second-order valence-electron chi connectivity index (χ2n) is 5.00. The van der Waals surface area contributed by atoms with Crippen LogP contribution in [-0.4, -0.2) is 22.0 Å². The Balaban J connectivity index is 1.84. The largest absolute Gasteiger partial charge is 0.481 e. The van der Waals surface area contributed by atoms with Gasteiger partial charge in [0.25, 0.3) is 0 Å². The number of nitrogens with one attached hydrogen (secondary N) is 1. The van der Waals surface area contributed by atoms with Gasteiger partial charge in [-0.25, -0.2) is 4.98 Å². The van der Waals surface area contributed by atoms with E-state index in [1.54, 1.807) is 0 Å². The highest BCUT2D eigenvalue weighted by molar-refractivity contribution is 7.09. The normalized spacial score (nSPS) is 23.0. The van der Waals surface area contributed by atoms with Crippen molar-refractivity contribution in [2.75, 3.05) is 0 Å². The average Bonchev–Trinajstić information content (AvgIpc) is 2.82. The molecule has 1 amide bonds. The monoisotopic (exact) mass is 282 g/mol. The van der Waals surface area contributed by atoms with Crippen LogP contribution in [0.25, 0.3) is 0 Å². The van der Waals surface area contributed by atoms with Crippen LogP contribution < -0.4 is 5.32 Å². The summed E-state index contributed by atoms with van der Waals surface area (Å²) in [5, 5.41) is 14.7. The van der Waals surface area contributed by atoms with Gasteiger partial charge in [0.1, 0.15) is 5.01 Å². The number of aryl methyl sites for hydroxylation is 1. The highest BCUT2D eigenvalue weighted by atomic mass is 32.1. The van der Waals surface area contributed by atoms with E-state index in [0.29, 0.717) is 19.4 Å². The first-order valence-electron chi connectivity index (χ1n) is 6.48. The molecule has 1 aliphatic rings. The van der Waals surface area contributed by atoms with Gasteiger partial charge in [0, 0.05) is 17.0 Å². The third kappa shape index (κ3) is 3.76. The summed E-state index contributed by atoms with van der Waals surface area (Å²) in [4.78, 5) is 27.3. The number of aliphatic carboxylic acids is 1. The Labute approximate surface area is 116 Å². The molecule has 2 rings (SSSR count). The molecule has 19 heavy (non-hydrogen) atoms. The molecule has 2 N–H and O–H groups in total. The topological polar surface area (TPSA) is 79.3 Å². The molecule has 0 unspecified atom stereocenters. The van der Waals surface area contributed by atoms with E-state index in [2.05, 4.69) is 10.3 Å². The van der Waals surface area contributed by atoms with Crippen LogP contribution >= 0.6 is 11.3 Å². The van der Waals surface area contributed by atoms with Gasteiger partial charge in [0.2, 0.25) is 5.91 Å². The quantitative estimate of drug-likeness (QED) is 0.884. The maximum Gasteiger partial charge on any atom is 0.306 e. The molecule has 5 nitrogen and oxygen atoms in total. The molecule has 6 heteroatoms. The van der Waals surface area contributed by atoms with Crippen LogP contribution in [0.4, 0.5) is 0 Å². The van der Waals surface area contributed by atoms with Crippen molar-refractivity contribution in [1.82, 2.24) is 10.3 Å². The third-order valence-corrected chi connectivity index (χ3v) is 4.44. The Morgan fingerprint density at radius 1 is 1.47 bits per heavy atom. The predicted molar refractivity (Wildman–Crippen MR) is 71.8 cm³/mol. The summed E-state index contributed by atoms with van der Waals surface area (Å²) in [7, 11) is 0. The molecule has 0 bridgehead atoms. The summed E-state index contributed by atoms with van der Waals surface area (Å²) in [6.45, 7) is 2.35. The lowest BCUT2D eigenvalue weighted by atomic mass is 9.81. The summed E-state index contributed by atoms with van der Waals surface area (Å²) >= 11 is 1.52. The summed E-state index contributed by atoms with van der Waals surface area (Å²) in [6, 6.07) is 0. The first-order valence-corrected chi connectivity index (χ1v) is 7.35. The maximum absolute atomic E-state index is 12.0. The van der Waals surface area contributed by atoms with Crippen molar-refractivity contribution >= 4 is 23.2 Å². The van der Waals surface area contributed by atoms with E-state index in [9.17, 15) is 9.59 Å². The van der Waals surface area contributed by atoms with Crippen LogP contribution in [0, 0.1) is 18.8 Å². The van der Waals surface area contributed by atoms with E-state index < -0.39 is 5.97 Å². The second-order valence-corrected chi connectivity index (χ2v) is 5.94. The maximum atomic E-state index is 12.0. The number of hydrogen-bond donors (Lipinski definition) is 2. The van der Waals surface area contributed by atoms with Crippen LogP contribution in [0.5, 0.6) is 0 Å². The van der Waals surface area contributed by atoms with E-state index in [0.717, 1.165) is 23.5 Å². The summed E-state index contributed by atoms with van der Waals surface area (Å²) in [6.07, 6.45) is 2.74. The van der Waals surface area contributed by atoms with Crippen LogP contribution in [0.3, 0.4) is 0 Å². The van der Waals surface area contributed by atoms with Gasteiger partial charge in [-0.05, 0) is 26.2 Å². The molecule has 1 saturated carbocycles. The minimum atomic E-state index is -0.784. The number of carboxylic acids is 1. The lowest BCUT2D eigenvalue weighted by molar-refractivity contribution is -0.144. The minimum absolute atomic E-state index is 0.0428. The van der Waals surface area contributed by atoms with Gasteiger partial charge in [-0.15, -0.1) is 11.3 Å². The van der Waals surface area contributed by atoms with Gasteiger partial charge in [0.05, 0.1) is 12.5 Å². The number of thiazole rings is 1. The van der Waals surface area contributed by atoms with Crippen LogP contribution in [0.1, 0.15) is 36.4 Å². The number of amides is 1. The number of nitrogens with zero attached hydrogens (tertiary/aromatic N) is 1. The van der Waals surface area contributed by atoms with Gasteiger partial charge in [0.15, 0.2) is 0 Å². The molecule has 0 aromatic carbocycles. The fourth-order valence-corrected chi connectivity index (χ4v) is 3.15. The van der Waals surface area contributed by atoms with Crippen molar-refractivity contribution in [3.05, 3.63) is 16.1 Å². The van der Waals surface area contributed by atoms with Crippen molar-refractivity contribution in [2.24, 2.45) is 11.8 Å². The van der Waals surface area contributed by atoms with Gasteiger partial charge in [-0.1, -0.05) is 6.42 Å². The van der Waals surface area contributed by atoms with Crippen molar-refractivity contribution in [3.8, 4) is 0 Å². The zero-order chi connectivity index (χ0) is 13.8. The zero-order valence-electron chi connectivity index (χ0n) is 10.9. The predicted octanol–water partition coefficient (Wildman–Crippen LogP) is 1.96. The fraction of sp³-hybridized carbons (Fsp3) is 0.615. The summed E-state index contributed by atoms with van der Waals surface area (Å²) < 4.78 is 0. The zero-order valence-corrected chi connectivity index (χ0v) is 11.7. The second kappa shape index (κ2) is 6.14. The lowest BCUT2D eigenvalue weighted by Gasteiger charge is -2.25. The number of carbonyl (C=O) groups excluding carboxylic acids is 1. The van der Waals surface area contributed by atoms with E-state index in [1.807, 2.05) is 12.3 Å². The van der Waals surface area contributed by atoms with E-state index >= 15 is 0 Å². The Morgan fingerprint density at radius 3 is 2.84 bits per heavy atom. The molecule has 0 spiro atoms. The number of aromatic nitrogens is 1. The van der Waals surface area contributed by atoms with Crippen LogP contribution in [-0.2, 0) is 16.1 Å².